The molecule has 7 nitrogen and oxygen atoms in total. The van der Waals surface area contributed by atoms with Gasteiger partial charge in [0, 0.05) is 29.2 Å². The van der Waals surface area contributed by atoms with Crippen LogP contribution in [0.15, 0.2) is 42.5 Å². The van der Waals surface area contributed by atoms with E-state index in [1.54, 1.807) is 9.24 Å². The summed E-state index contributed by atoms with van der Waals surface area (Å²) in [4.78, 5) is 14.8. The van der Waals surface area contributed by atoms with Gasteiger partial charge in [-0.1, -0.05) is 33.4 Å². The van der Waals surface area contributed by atoms with Gasteiger partial charge in [-0.05, 0) is 73.5 Å². The fourth-order valence-corrected chi connectivity index (χ4v) is 5.47. The Morgan fingerprint density at radius 1 is 1.11 bits per heavy atom. The monoisotopic (exact) mass is 615 g/mol. The molecular weight excluding hydrogens is 584 g/mol. The van der Waals surface area contributed by atoms with Gasteiger partial charge in [0.05, 0.1) is 53.5 Å². The molecule has 1 saturated heterocycles. The quantitative estimate of drug-likeness (QED) is 0.184. The Hall–Kier alpha value is -2.95. The number of anilines is 2. The van der Waals surface area contributed by atoms with Gasteiger partial charge in [-0.2, -0.15) is 0 Å². The highest BCUT2D eigenvalue weighted by Crippen LogP contribution is 2.33. The number of likely N-dealkylation sites (tertiary alicyclic amines) is 1. The van der Waals surface area contributed by atoms with Crippen molar-refractivity contribution in [3.63, 3.8) is 0 Å². The Kier molecular flexibility index (Phi) is 10.7. The topological polar surface area (TPSA) is 70.6 Å². The fraction of sp³-hybridized carbons (Fsp3) is 0.414. The maximum absolute atomic E-state index is 14.3. The molecule has 1 unspecified atom stereocenters. The number of benzene rings is 2. The number of hydrogen-bond acceptors (Lipinski definition) is 5. The number of ether oxygens (including phenoxy) is 1. The minimum atomic E-state index is -3.05. The van der Waals surface area contributed by atoms with Crippen LogP contribution >= 0.6 is 9.24 Å². The van der Waals surface area contributed by atoms with Crippen LogP contribution in [0.25, 0.3) is 10.9 Å². The van der Waals surface area contributed by atoms with E-state index < -0.39 is 28.7 Å². The van der Waals surface area contributed by atoms with Crippen LogP contribution in [0.1, 0.15) is 29.4 Å². The highest BCUT2D eigenvalue weighted by atomic mass is 31.0. The summed E-state index contributed by atoms with van der Waals surface area (Å²) in [5.41, 5.74) is -0.686. The number of carbonyl (C=O) groups excluding carboxylic acids is 1. The van der Waals surface area contributed by atoms with E-state index in [-0.39, 0.29) is 23.9 Å². The van der Waals surface area contributed by atoms with Gasteiger partial charge >= 0.3 is 0 Å². The molecule has 1 aliphatic heterocycles. The molecule has 2 aromatic carbocycles. The zero-order valence-electron chi connectivity index (χ0n) is 25.2. The second kappa shape index (κ2) is 13.8. The standard InChI is InChI=1S/C29H30B6F2N5O2P/c1-17-15-41(2)12-10-21(17)39-22-6-3-7-24-20(22)14-19(42(24)16-27(36,37)45)5-4-11-38-23-9-8-18(26(43)40-28(30,31)32)13-25(23)44-29(33,34)35/h3,6-9,13-14,17,21,38-39H,10-12,15-16,45H2,1-2H3,(H,40,43)/t17-,21+/m0/s1. The normalized spacial score (nSPS) is 17.7. The fourth-order valence-electron chi connectivity index (χ4n) is 5.29. The van der Waals surface area contributed by atoms with Crippen LogP contribution in [0.3, 0.4) is 0 Å². The molecule has 1 amide bonds. The highest BCUT2D eigenvalue weighted by molar-refractivity contribution is 7.18. The number of amides is 1. The Bertz CT molecular complexity index is 1600. The molecule has 220 valence electrons. The first-order valence-electron chi connectivity index (χ1n) is 14.2. The Morgan fingerprint density at radius 3 is 2.49 bits per heavy atom. The molecular formula is C29H30B6F2N5O2P. The third-order valence-electron chi connectivity index (χ3n) is 7.21. The van der Waals surface area contributed by atoms with Crippen molar-refractivity contribution in [2.45, 2.75) is 42.1 Å². The molecule has 4 rings (SSSR count). The number of alkyl halides is 2. The van der Waals surface area contributed by atoms with Crippen LogP contribution in [0, 0.1) is 17.8 Å². The minimum absolute atomic E-state index is 0.0317. The van der Waals surface area contributed by atoms with Crippen molar-refractivity contribution < 1.29 is 18.3 Å². The molecule has 12 radical (unpaired) electrons. The Balaban J connectivity index is 1.60. The van der Waals surface area contributed by atoms with Crippen LogP contribution < -0.4 is 20.7 Å². The van der Waals surface area contributed by atoms with Crippen molar-refractivity contribution in [3.8, 4) is 17.6 Å². The summed E-state index contributed by atoms with van der Waals surface area (Å²) >= 11 is 0. The summed E-state index contributed by atoms with van der Waals surface area (Å²) in [6.45, 7) is 3.64. The van der Waals surface area contributed by atoms with Crippen molar-refractivity contribution in [3.05, 3.63) is 53.7 Å². The summed E-state index contributed by atoms with van der Waals surface area (Å²) in [7, 11) is 37.0. The lowest BCUT2D eigenvalue weighted by molar-refractivity contribution is 0.0851. The number of halogens is 2. The van der Waals surface area contributed by atoms with Crippen molar-refractivity contribution in [2.24, 2.45) is 5.92 Å². The molecule has 0 spiro atoms. The van der Waals surface area contributed by atoms with Gasteiger partial charge in [0.1, 0.15) is 29.3 Å². The van der Waals surface area contributed by atoms with Gasteiger partial charge in [-0.3, -0.25) is 4.79 Å². The van der Waals surface area contributed by atoms with Gasteiger partial charge in [0.2, 0.25) is 5.91 Å². The van der Waals surface area contributed by atoms with E-state index >= 15 is 0 Å². The van der Waals surface area contributed by atoms with Crippen LogP contribution in [-0.4, -0.2) is 111 Å². The van der Waals surface area contributed by atoms with Gasteiger partial charge in [-0.25, -0.2) is 8.78 Å². The van der Waals surface area contributed by atoms with Crippen molar-refractivity contribution >= 4 is 84.5 Å². The van der Waals surface area contributed by atoms with Crippen LogP contribution in [-0.2, 0) is 6.54 Å². The average Bonchev–Trinajstić information content (AvgIpc) is 3.23. The molecule has 1 aromatic heterocycles. The zero-order valence-corrected chi connectivity index (χ0v) is 26.4. The summed E-state index contributed by atoms with van der Waals surface area (Å²) in [5.74, 6) is 5.75. The summed E-state index contributed by atoms with van der Waals surface area (Å²) in [6, 6.07) is 12.0. The van der Waals surface area contributed by atoms with Gasteiger partial charge < -0.3 is 30.2 Å². The van der Waals surface area contributed by atoms with Gasteiger partial charge in [-0.15, -0.1) is 0 Å². The molecule has 3 aromatic rings. The number of carbonyl (C=O) groups is 1. The average molecular weight is 614 g/mol. The van der Waals surface area contributed by atoms with E-state index in [2.05, 4.69) is 46.7 Å². The van der Waals surface area contributed by atoms with E-state index in [4.69, 9.17) is 51.8 Å². The SMILES string of the molecule is [B]C([B])([B])NC(=O)c1ccc(NCC#Cc2cc3c(N[C@@H]4CCN(C)C[C@@H]4C)cccc3n2CC(F)(F)P)c(OC([B])([B])[B])c1. The van der Waals surface area contributed by atoms with E-state index in [1.165, 1.54) is 22.8 Å². The number of hydrogen-bond donors (Lipinski definition) is 3. The van der Waals surface area contributed by atoms with E-state index in [1.807, 2.05) is 24.3 Å². The third-order valence-corrected chi connectivity index (χ3v) is 7.39. The summed E-state index contributed by atoms with van der Waals surface area (Å²) in [5, 5.41) is 5.70. The number of rotatable bonds is 10. The minimum Gasteiger partial charge on any atom is -0.514 e. The predicted octanol–water partition coefficient (Wildman–Crippen LogP) is 1.67. The first-order valence-corrected chi connectivity index (χ1v) is 14.8. The molecule has 45 heavy (non-hydrogen) atoms. The number of aromatic nitrogens is 1. The van der Waals surface area contributed by atoms with Crippen molar-refractivity contribution in [1.82, 2.24) is 14.8 Å². The van der Waals surface area contributed by atoms with Crippen LogP contribution in [0.2, 0.25) is 0 Å². The molecule has 0 aliphatic carbocycles. The van der Waals surface area contributed by atoms with Gasteiger partial charge in [0.15, 0.2) is 0 Å². The van der Waals surface area contributed by atoms with Crippen molar-refractivity contribution in [2.75, 3.05) is 37.3 Å². The largest absolute Gasteiger partial charge is 0.514 e. The second-order valence-corrected chi connectivity index (χ2v) is 12.4. The first kappa shape index (κ1) is 34.9. The number of piperidine rings is 1. The predicted molar refractivity (Wildman–Crippen MR) is 185 cm³/mol. The lowest BCUT2D eigenvalue weighted by Crippen LogP contribution is -2.50. The molecule has 2 heterocycles. The van der Waals surface area contributed by atoms with E-state index in [9.17, 15) is 13.6 Å². The Morgan fingerprint density at radius 2 is 1.84 bits per heavy atom. The third kappa shape index (κ3) is 10.0. The second-order valence-electron chi connectivity index (χ2n) is 11.6. The van der Waals surface area contributed by atoms with Crippen LogP contribution in [0.5, 0.6) is 5.75 Å². The highest BCUT2D eigenvalue weighted by Gasteiger charge is 2.27. The first-order chi connectivity index (χ1) is 20.9. The van der Waals surface area contributed by atoms with E-state index in [0.29, 0.717) is 22.8 Å². The maximum atomic E-state index is 14.3. The van der Waals surface area contributed by atoms with Crippen molar-refractivity contribution in [1.29, 1.82) is 0 Å². The molecule has 0 bridgehead atoms. The maximum Gasteiger partial charge on any atom is 0.276 e. The Labute approximate surface area is 273 Å². The lowest BCUT2D eigenvalue weighted by Gasteiger charge is -2.36. The lowest BCUT2D eigenvalue weighted by atomic mass is 9.49. The van der Waals surface area contributed by atoms with Gasteiger partial charge in [0.25, 0.3) is 5.66 Å². The smallest absolute Gasteiger partial charge is 0.276 e. The molecule has 1 aliphatic rings. The molecule has 1 fully saturated rings. The summed E-state index contributed by atoms with van der Waals surface area (Å²) in [6.07, 6.45) is 0.974. The number of fused-ring (bicyclic) bond motifs is 1. The molecule has 16 heteroatoms. The summed E-state index contributed by atoms with van der Waals surface area (Å²) < 4.78 is 35.5. The zero-order chi connectivity index (χ0) is 33.2. The molecule has 0 saturated carbocycles. The van der Waals surface area contributed by atoms with E-state index in [0.717, 1.165) is 30.6 Å². The number of nitrogens with one attached hydrogen (secondary N) is 3. The molecule has 3 N–H and O–H groups in total. The van der Waals surface area contributed by atoms with Crippen LogP contribution in [0.4, 0.5) is 20.2 Å². The number of nitrogens with zero attached hydrogens (tertiary/aromatic N) is 2. The molecule has 3 atom stereocenters.